The van der Waals surface area contributed by atoms with Crippen LogP contribution in [0.2, 0.25) is 0 Å². The summed E-state index contributed by atoms with van der Waals surface area (Å²) in [6.07, 6.45) is 0. The van der Waals surface area contributed by atoms with Gasteiger partial charge in [-0.15, -0.1) is 0 Å². The molecule has 0 aliphatic rings. The van der Waals surface area contributed by atoms with Gasteiger partial charge in [-0.05, 0) is 0 Å². The van der Waals surface area contributed by atoms with Gasteiger partial charge in [-0.1, -0.05) is 5.28 Å². The highest BCUT2D eigenvalue weighted by Crippen LogP contribution is 1.12. The molecule has 0 aliphatic heterocycles. The lowest BCUT2D eigenvalue weighted by molar-refractivity contribution is -0.490. The first kappa shape index (κ1) is 3.20. The van der Waals surface area contributed by atoms with Crippen molar-refractivity contribution in [2.75, 3.05) is 0 Å². The Morgan fingerprint density at radius 1 is 2.00 bits per heavy atom. The van der Waals surface area contributed by atoms with E-state index in [0.717, 1.165) is 5.28 Å². The summed E-state index contributed by atoms with van der Waals surface area (Å²) >= 11 is 0. The predicted molar refractivity (Wildman–Crippen MR) is 8.54 cm³/mol. The fourth-order valence-electron chi connectivity index (χ4n) is 0. The number of nitrogens with zero attached hydrogens (tertiary/aromatic N) is 1. The number of hydrogen-bond acceptors (Lipinski definition) is 2. The smallest absolute Gasteiger partial charge is 0.195 e. The molecule has 2 N–H and O–H groups in total. The molecule has 0 aliphatic carbocycles. The molecule has 0 radical (unpaired) electrons. The van der Waals surface area contributed by atoms with Gasteiger partial charge in [0, 0.05) is 0 Å². The van der Waals surface area contributed by atoms with Crippen molar-refractivity contribution >= 4 is 0 Å². The van der Waals surface area contributed by atoms with E-state index in [1.165, 1.54) is 0 Å². The SMILES string of the molecule is [O-][NH+]=NO. The molecule has 0 saturated heterocycles. The average Bonchev–Trinajstić information content (AvgIpc) is 1.37. The van der Waals surface area contributed by atoms with E-state index in [1.54, 1.807) is 0 Å². The summed E-state index contributed by atoms with van der Waals surface area (Å²) in [5, 5.41) is 18.5. The normalized spacial score (nSPS) is 9.00. The van der Waals surface area contributed by atoms with Crippen molar-refractivity contribution < 1.29 is 10.5 Å². The maximum atomic E-state index is 8.63. The second-order valence-electron chi connectivity index (χ2n) is 0.191. The quantitative estimate of drug-likeness (QED) is 0.262. The maximum Gasteiger partial charge on any atom is 0.195 e. The number of nitrogens with one attached hydrogen (secondary N) is 1. The minimum atomic E-state index is 0.861. The molecule has 0 aromatic carbocycles. The van der Waals surface area contributed by atoms with Crippen LogP contribution in [-0.2, 0) is 0 Å². The molecule has 0 heterocycles. The minimum Gasteiger partial charge on any atom is -0.599 e. The Balaban J connectivity index is 2.55. The zero-order valence-corrected chi connectivity index (χ0v) is 1.80. The molecule has 4 nitrogen and oxygen atoms in total. The number of hydrogen-bond donors (Lipinski definition) is 2. The first-order chi connectivity index (χ1) is 1.91. The van der Waals surface area contributed by atoms with E-state index >= 15 is 0 Å². The van der Waals surface area contributed by atoms with Crippen molar-refractivity contribution in [3.05, 3.63) is 5.21 Å². The topological polar surface area (TPSA) is 69.6 Å². The first-order valence-corrected chi connectivity index (χ1v) is 0.628. The van der Waals surface area contributed by atoms with Gasteiger partial charge >= 0.3 is 0 Å². The molecule has 0 amide bonds. The Labute approximate surface area is 22.3 Å². The highest BCUT2D eigenvalue weighted by Gasteiger charge is 1.34. The van der Waals surface area contributed by atoms with Crippen LogP contribution in [0.3, 0.4) is 0 Å². The lowest BCUT2D eigenvalue weighted by Crippen LogP contribution is -2.55. The lowest BCUT2D eigenvalue weighted by atomic mass is 13.0. The summed E-state index contributed by atoms with van der Waals surface area (Å²) < 4.78 is 0. The summed E-state index contributed by atoms with van der Waals surface area (Å²) in [4.78, 5) is 0. The molecule has 0 saturated carbocycles. The van der Waals surface area contributed by atoms with Gasteiger partial charge in [0.25, 0.3) is 0 Å². The van der Waals surface area contributed by atoms with Crippen LogP contribution in [0.15, 0.2) is 5.28 Å². The first-order valence-electron chi connectivity index (χ1n) is 0.628. The molecule has 0 spiro atoms. The van der Waals surface area contributed by atoms with Gasteiger partial charge in [0.05, 0.1) is 0 Å². The van der Waals surface area contributed by atoms with Crippen molar-refractivity contribution in [1.29, 1.82) is 0 Å². The second-order valence-corrected chi connectivity index (χ2v) is 0.191. The van der Waals surface area contributed by atoms with Crippen molar-refractivity contribution in [3.63, 3.8) is 0 Å². The highest BCUT2D eigenvalue weighted by atomic mass is 16.5. The second kappa shape index (κ2) is 2.20. The molecule has 0 fully saturated rings. The van der Waals surface area contributed by atoms with Crippen LogP contribution in [-0.4, -0.2) is 5.21 Å². The van der Waals surface area contributed by atoms with Crippen molar-refractivity contribution in [2.45, 2.75) is 0 Å². The third-order valence-corrected chi connectivity index (χ3v) is 0.0408. The third-order valence-electron chi connectivity index (χ3n) is 0.0408. The Kier molecular flexibility index (Phi) is 1.76. The molecule has 4 heavy (non-hydrogen) atoms. The summed E-state index contributed by atoms with van der Waals surface area (Å²) in [5.74, 6) is 0. The zero-order valence-electron chi connectivity index (χ0n) is 1.80. The average molecular weight is 62.0 g/mol. The number of rotatable bonds is 0. The van der Waals surface area contributed by atoms with Crippen molar-refractivity contribution in [1.82, 2.24) is 0 Å². The van der Waals surface area contributed by atoms with Gasteiger partial charge in [0.2, 0.25) is 0 Å². The molecule has 0 bridgehead atoms. The van der Waals surface area contributed by atoms with Gasteiger partial charge in [0.15, 0.2) is 5.28 Å². The van der Waals surface area contributed by atoms with E-state index in [-0.39, 0.29) is 0 Å². The Morgan fingerprint density at radius 3 is 2.25 bits per heavy atom. The fourth-order valence-corrected chi connectivity index (χ4v) is 0. The minimum absolute atomic E-state index is 0.861. The molecular formula is H2N2O2. The van der Waals surface area contributed by atoms with E-state index in [1.807, 2.05) is 5.28 Å². The molecular weight excluding hydrogens is 60.0 g/mol. The molecule has 0 rings (SSSR count). The molecule has 0 aromatic heterocycles. The van der Waals surface area contributed by atoms with Crippen molar-refractivity contribution in [3.8, 4) is 0 Å². The lowest BCUT2D eigenvalue weighted by Gasteiger charge is -1.59. The van der Waals surface area contributed by atoms with Gasteiger partial charge in [0.1, 0.15) is 0 Å². The monoisotopic (exact) mass is 62.0 g/mol. The van der Waals surface area contributed by atoms with Gasteiger partial charge in [-0.2, -0.15) is 0 Å². The van der Waals surface area contributed by atoms with Crippen LogP contribution in [0.4, 0.5) is 0 Å². The van der Waals surface area contributed by atoms with Crippen LogP contribution in [0.25, 0.3) is 0 Å². The van der Waals surface area contributed by atoms with Crippen LogP contribution >= 0.6 is 0 Å². The Bertz CT molecular complexity index is 19.2. The maximum absolute atomic E-state index is 8.63. The molecule has 0 unspecified atom stereocenters. The van der Waals surface area contributed by atoms with E-state index in [0.29, 0.717) is 0 Å². The van der Waals surface area contributed by atoms with E-state index in [2.05, 4.69) is 0 Å². The largest absolute Gasteiger partial charge is 0.599 e. The Hall–Kier alpha value is -0.800. The van der Waals surface area contributed by atoms with E-state index in [9.17, 15) is 0 Å². The highest BCUT2D eigenvalue weighted by molar-refractivity contribution is 3.69. The summed E-state index contributed by atoms with van der Waals surface area (Å²) in [6, 6.07) is 0. The molecule has 0 atom stereocenters. The Morgan fingerprint density at radius 2 is 2.25 bits per heavy atom. The van der Waals surface area contributed by atoms with Crippen LogP contribution in [0.1, 0.15) is 0 Å². The van der Waals surface area contributed by atoms with Gasteiger partial charge < -0.3 is 10.4 Å². The standard InChI is InChI=1S/H2N2O2/c3-1-2-4/h1H,(H-,2,3,4). The zero-order chi connectivity index (χ0) is 3.41. The summed E-state index contributed by atoms with van der Waals surface area (Å²) in [5.41, 5.74) is 0. The summed E-state index contributed by atoms with van der Waals surface area (Å²) in [7, 11) is 0. The van der Waals surface area contributed by atoms with E-state index in [4.69, 9.17) is 10.4 Å². The van der Waals surface area contributed by atoms with Crippen molar-refractivity contribution in [2.24, 2.45) is 5.28 Å². The van der Waals surface area contributed by atoms with Gasteiger partial charge in [-0.25, -0.2) is 0 Å². The van der Waals surface area contributed by atoms with E-state index < -0.39 is 0 Å². The molecule has 4 heteroatoms. The molecule has 24 valence electrons. The van der Waals surface area contributed by atoms with Gasteiger partial charge in [-0.3, -0.25) is 0 Å². The fraction of sp³-hybridized carbons (Fsp3) is 0. The third kappa shape index (κ3) is 1.20. The predicted octanol–water partition coefficient (Wildman–Crippen LogP) is -1.59. The van der Waals surface area contributed by atoms with Crippen LogP contribution < -0.4 is 5.28 Å². The van der Waals surface area contributed by atoms with Crippen LogP contribution in [0, 0.1) is 5.21 Å². The summed E-state index contributed by atoms with van der Waals surface area (Å²) in [6.45, 7) is 0. The molecule has 0 aromatic rings. The van der Waals surface area contributed by atoms with Crippen LogP contribution in [0.5, 0.6) is 0 Å².